The van der Waals surface area contributed by atoms with Gasteiger partial charge in [-0.15, -0.1) is 11.3 Å². The quantitative estimate of drug-likeness (QED) is 0.682. The lowest BCUT2D eigenvalue weighted by atomic mass is 10.1. The van der Waals surface area contributed by atoms with Crippen LogP contribution in [0.4, 0.5) is 5.69 Å². The number of rotatable bonds is 9. The van der Waals surface area contributed by atoms with E-state index in [2.05, 4.69) is 46.4 Å². The number of anilines is 1. The highest BCUT2D eigenvalue weighted by Crippen LogP contribution is 2.19. The highest BCUT2D eigenvalue weighted by Gasteiger charge is 2.14. The fourth-order valence-corrected chi connectivity index (χ4v) is 3.66. The molecule has 5 heteroatoms. The molecule has 0 saturated carbocycles. The molecule has 1 heterocycles. The van der Waals surface area contributed by atoms with Gasteiger partial charge >= 0.3 is 0 Å². The normalized spacial score (nSPS) is 10.7. The molecule has 0 unspecified atom stereocenters. The van der Waals surface area contributed by atoms with Crippen LogP contribution >= 0.6 is 11.3 Å². The fraction of sp³-hybridized carbons (Fsp3) is 0.500. The third-order valence-corrected chi connectivity index (χ3v) is 5.39. The molecule has 0 aliphatic carbocycles. The number of amides is 1. The molecule has 1 N–H and O–H groups in total. The Balaban J connectivity index is 1.77. The molecular weight excluding hydrogens is 330 g/mol. The molecule has 2 rings (SSSR count). The molecule has 1 aromatic carbocycles. The van der Waals surface area contributed by atoms with Gasteiger partial charge in [0.2, 0.25) is 0 Å². The van der Waals surface area contributed by atoms with E-state index in [9.17, 15) is 4.79 Å². The minimum absolute atomic E-state index is 0.0145. The topological polar surface area (TPSA) is 45.2 Å². The lowest BCUT2D eigenvalue weighted by Gasteiger charge is -2.12. The second kappa shape index (κ2) is 9.56. The third kappa shape index (κ3) is 5.85. The number of hydrogen-bond acceptors (Lipinski definition) is 4. The summed E-state index contributed by atoms with van der Waals surface area (Å²) in [6.07, 6.45) is 5.15. The van der Waals surface area contributed by atoms with E-state index in [4.69, 9.17) is 0 Å². The number of benzene rings is 1. The predicted molar refractivity (Wildman–Crippen MR) is 107 cm³/mol. The van der Waals surface area contributed by atoms with Crippen molar-refractivity contribution in [2.24, 2.45) is 0 Å². The van der Waals surface area contributed by atoms with E-state index in [0.29, 0.717) is 6.54 Å². The lowest BCUT2D eigenvalue weighted by molar-refractivity contribution is 0.0956. The predicted octanol–water partition coefficient (Wildman–Crippen LogP) is 4.22. The van der Waals surface area contributed by atoms with E-state index in [1.807, 2.05) is 21.0 Å². The average Bonchev–Trinajstić information content (AvgIpc) is 2.98. The first-order valence-corrected chi connectivity index (χ1v) is 9.83. The number of hydrogen-bond donors (Lipinski definition) is 1. The molecule has 0 bridgehead atoms. The van der Waals surface area contributed by atoms with Crippen LogP contribution in [-0.4, -0.2) is 31.5 Å². The Morgan fingerprint density at radius 2 is 1.88 bits per heavy atom. The highest BCUT2D eigenvalue weighted by molar-refractivity contribution is 7.13. The van der Waals surface area contributed by atoms with E-state index >= 15 is 0 Å². The second-order valence-corrected chi connectivity index (χ2v) is 7.63. The Morgan fingerprint density at radius 1 is 1.16 bits per heavy atom. The van der Waals surface area contributed by atoms with Crippen LogP contribution in [0.25, 0.3) is 0 Å². The Bertz CT molecular complexity index is 677. The van der Waals surface area contributed by atoms with Crippen molar-refractivity contribution in [2.75, 3.05) is 25.5 Å². The van der Waals surface area contributed by atoms with Crippen molar-refractivity contribution < 1.29 is 4.79 Å². The van der Waals surface area contributed by atoms with Crippen LogP contribution in [0.5, 0.6) is 0 Å². The maximum absolute atomic E-state index is 12.3. The summed E-state index contributed by atoms with van der Waals surface area (Å²) in [4.78, 5) is 19.7. The molecule has 1 aromatic heterocycles. The number of nitrogens with one attached hydrogen (secondary N) is 1. The summed E-state index contributed by atoms with van der Waals surface area (Å²) in [5, 5.41) is 4.11. The zero-order chi connectivity index (χ0) is 18.2. The first-order valence-electron chi connectivity index (χ1n) is 9.02. The monoisotopic (exact) mass is 359 g/mol. The van der Waals surface area contributed by atoms with Gasteiger partial charge in [0.1, 0.15) is 4.88 Å². The number of unbranched alkanes of at least 4 members (excludes halogenated alkanes) is 1. The van der Waals surface area contributed by atoms with Crippen LogP contribution < -0.4 is 10.2 Å². The van der Waals surface area contributed by atoms with Gasteiger partial charge in [0, 0.05) is 26.3 Å². The Labute approximate surface area is 155 Å². The molecule has 1 amide bonds. The van der Waals surface area contributed by atoms with Crippen LogP contribution in [0.1, 0.15) is 52.1 Å². The van der Waals surface area contributed by atoms with Crippen molar-refractivity contribution in [3.63, 3.8) is 0 Å². The average molecular weight is 360 g/mol. The van der Waals surface area contributed by atoms with E-state index in [-0.39, 0.29) is 5.91 Å². The molecule has 2 aromatic rings. The third-order valence-electron chi connectivity index (χ3n) is 4.17. The smallest absolute Gasteiger partial charge is 0.263 e. The first kappa shape index (κ1) is 19.4. The number of aromatic nitrogens is 1. The molecule has 25 heavy (non-hydrogen) atoms. The van der Waals surface area contributed by atoms with E-state index in [1.54, 1.807) is 0 Å². The summed E-state index contributed by atoms with van der Waals surface area (Å²) < 4.78 is 0. The van der Waals surface area contributed by atoms with Gasteiger partial charge in [0.05, 0.1) is 10.7 Å². The SMILES string of the molecule is CCCCc1nc(C)c(C(=O)NCCCc2ccc(N(C)C)cc2)s1. The van der Waals surface area contributed by atoms with Crippen molar-refractivity contribution in [2.45, 2.75) is 46.0 Å². The minimum Gasteiger partial charge on any atom is -0.378 e. The Hall–Kier alpha value is -1.88. The Kier molecular flexibility index (Phi) is 7.44. The van der Waals surface area contributed by atoms with Gasteiger partial charge in [-0.25, -0.2) is 4.98 Å². The number of nitrogens with zero attached hydrogens (tertiary/aromatic N) is 2. The van der Waals surface area contributed by atoms with Gasteiger partial charge in [0.25, 0.3) is 5.91 Å². The highest BCUT2D eigenvalue weighted by atomic mass is 32.1. The number of aryl methyl sites for hydroxylation is 3. The lowest BCUT2D eigenvalue weighted by Crippen LogP contribution is -2.24. The molecule has 0 fully saturated rings. The van der Waals surface area contributed by atoms with Gasteiger partial charge in [0.15, 0.2) is 0 Å². The fourth-order valence-electron chi connectivity index (χ4n) is 2.63. The van der Waals surface area contributed by atoms with Gasteiger partial charge < -0.3 is 10.2 Å². The standard InChI is InChI=1S/C20H29N3OS/c1-5-6-9-18-22-15(2)19(25-18)20(24)21-14-7-8-16-10-12-17(13-11-16)23(3)4/h10-13H,5-9,14H2,1-4H3,(H,21,24). The summed E-state index contributed by atoms with van der Waals surface area (Å²) >= 11 is 1.54. The van der Waals surface area contributed by atoms with Crippen LogP contribution in [0.15, 0.2) is 24.3 Å². The van der Waals surface area contributed by atoms with Gasteiger partial charge in [-0.05, 0) is 50.3 Å². The minimum atomic E-state index is 0.0145. The molecule has 136 valence electrons. The molecule has 0 atom stereocenters. The zero-order valence-corrected chi connectivity index (χ0v) is 16.6. The van der Waals surface area contributed by atoms with Crippen molar-refractivity contribution in [3.05, 3.63) is 45.4 Å². The maximum Gasteiger partial charge on any atom is 0.263 e. The first-order chi connectivity index (χ1) is 12.0. The zero-order valence-electron chi connectivity index (χ0n) is 15.8. The summed E-state index contributed by atoms with van der Waals surface area (Å²) in [7, 11) is 4.08. The molecule has 0 saturated heterocycles. The molecule has 4 nitrogen and oxygen atoms in total. The van der Waals surface area contributed by atoms with E-state index in [0.717, 1.165) is 47.7 Å². The van der Waals surface area contributed by atoms with Gasteiger partial charge in [-0.2, -0.15) is 0 Å². The van der Waals surface area contributed by atoms with Crippen molar-refractivity contribution in [1.82, 2.24) is 10.3 Å². The summed E-state index contributed by atoms with van der Waals surface area (Å²) in [5.41, 5.74) is 3.36. The van der Waals surface area contributed by atoms with Crippen molar-refractivity contribution in [1.29, 1.82) is 0 Å². The van der Waals surface area contributed by atoms with Crippen molar-refractivity contribution >= 4 is 22.9 Å². The van der Waals surface area contributed by atoms with E-state index in [1.165, 1.54) is 22.6 Å². The van der Waals surface area contributed by atoms with Crippen LogP contribution in [0.2, 0.25) is 0 Å². The maximum atomic E-state index is 12.3. The van der Waals surface area contributed by atoms with Crippen molar-refractivity contribution in [3.8, 4) is 0 Å². The largest absolute Gasteiger partial charge is 0.378 e. The second-order valence-electron chi connectivity index (χ2n) is 6.55. The van der Waals surface area contributed by atoms with Crippen LogP contribution in [0.3, 0.4) is 0 Å². The number of carbonyl (C=O) groups excluding carboxylic acids is 1. The molecule has 0 radical (unpaired) electrons. The molecule has 0 aliphatic heterocycles. The summed E-state index contributed by atoms with van der Waals surface area (Å²) in [6.45, 7) is 4.78. The van der Waals surface area contributed by atoms with Gasteiger partial charge in [-0.1, -0.05) is 25.5 Å². The molecule has 0 aliphatic rings. The Morgan fingerprint density at radius 3 is 2.52 bits per heavy atom. The summed E-state index contributed by atoms with van der Waals surface area (Å²) in [5.74, 6) is 0.0145. The number of carbonyl (C=O) groups is 1. The molecular formula is C20H29N3OS. The number of thiazole rings is 1. The van der Waals surface area contributed by atoms with E-state index < -0.39 is 0 Å². The summed E-state index contributed by atoms with van der Waals surface area (Å²) in [6, 6.07) is 8.58. The van der Waals surface area contributed by atoms with Crippen LogP contribution in [-0.2, 0) is 12.8 Å². The molecule has 0 spiro atoms. The van der Waals surface area contributed by atoms with Gasteiger partial charge in [-0.3, -0.25) is 4.79 Å². The van der Waals surface area contributed by atoms with Crippen LogP contribution in [0, 0.1) is 6.92 Å².